The average molecular weight is 315 g/mol. The maximum atomic E-state index is 11.8. The zero-order valence-corrected chi connectivity index (χ0v) is 12.4. The van der Waals surface area contributed by atoms with Gasteiger partial charge in [0.2, 0.25) is 0 Å². The van der Waals surface area contributed by atoms with Gasteiger partial charge in [-0.2, -0.15) is 0 Å². The molecule has 23 heavy (non-hydrogen) atoms. The van der Waals surface area contributed by atoms with Gasteiger partial charge in [0.15, 0.2) is 0 Å². The number of carbonyl (C=O) groups is 1. The number of hydrogen-bond acceptors (Lipinski definition) is 5. The van der Waals surface area contributed by atoms with Gasteiger partial charge >= 0.3 is 0 Å². The number of hydrogen-bond donors (Lipinski definition) is 3. The van der Waals surface area contributed by atoms with E-state index in [9.17, 15) is 14.9 Å². The Bertz CT molecular complexity index is 703. The third-order valence-electron chi connectivity index (χ3n) is 3.19. The highest BCUT2D eigenvalue weighted by molar-refractivity contribution is 5.95. The van der Waals surface area contributed by atoms with Crippen LogP contribution in [-0.4, -0.2) is 29.1 Å². The molecular weight excluding hydrogens is 298 g/mol. The fourth-order valence-corrected chi connectivity index (χ4v) is 2.08. The fraction of sp³-hybridized carbons (Fsp3) is 0.188. The summed E-state index contributed by atoms with van der Waals surface area (Å²) in [6.07, 6.45) is 0. The molecule has 0 saturated heterocycles. The number of nitrogens with one attached hydrogen (secondary N) is 2. The van der Waals surface area contributed by atoms with E-state index in [-0.39, 0.29) is 31.3 Å². The monoisotopic (exact) mass is 315 g/mol. The van der Waals surface area contributed by atoms with Crippen LogP contribution in [0.15, 0.2) is 48.5 Å². The second-order valence-electron chi connectivity index (χ2n) is 4.80. The van der Waals surface area contributed by atoms with E-state index in [2.05, 4.69) is 10.6 Å². The van der Waals surface area contributed by atoms with Crippen LogP contribution in [0.5, 0.6) is 0 Å². The first kappa shape index (κ1) is 16.4. The minimum atomic E-state index is -0.421. The van der Waals surface area contributed by atoms with E-state index in [1.807, 2.05) is 0 Å². The Morgan fingerprint density at radius 1 is 1.17 bits per heavy atom. The van der Waals surface area contributed by atoms with E-state index in [4.69, 9.17) is 5.11 Å². The first-order chi connectivity index (χ1) is 11.1. The van der Waals surface area contributed by atoms with E-state index >= 15 is 0 Å². The maximum absolute atomic E-state index is 11.8. The van der Waals surface area contributed by atoms with Crippen LogP contribution in [0.1, 0.15) is 15.9 Å². The number of para-hydroxylation sites is 1. The minimum Gasteiger partial charge on any atom is -0.395 e. The fourth-order valence-electron chi connectivity index (χ4n) is 2.08. The minimum absolute atomic E-state index is 0.0526. The third-order valence-corrected chi connectivity index (χ3v) is 3.19. The number of aliphatic hydroxyl groups excluding tert-OH is 1. The van der Waals surface area contributed by atoms with Gasteiger partial charge in [-0.3, -0.25) is 14.9 Å². The third kappa shape index (κ3) is 4.52. The van der Waals surface area contributed by atoms with Crippen LogP contribution in [0.2, 0.25) is 0 Å². The van der Waals surface area contributed by atoms with E-state index in [1.165, 1.54) is 6.07 Å². The SMILES string of the molecule is O=C(NCCO)c1cccc(NCc2ccccc2[N+](=O)[O-])c1. The quantitative estimate of drug-likeness (QED) is 0.535. The van der Waals surface area contributed by atoms with Crippen molar-refractivity contribution in [3.05, 3.63) is 69.8 Å². The zero-order valence-electron chi connectivity index (χ0n) is 12.4. The lowest BCUT2D eigenvalue weighted by molar-refractivity contribution is -0.385. The number of nitro groups is 1. The molecule has 120 valence electrons. The van der Waals surface area contributed by atoms with E-state index in [1.54, 1.807) is 42.5 Å². The molecule has 0 fully saturated rings. The predicted molar refractivity (Wildman–Crippen MR) is 86.3 cm³/mol. The lowest BCUT2D eigenvalue weighted by Gasteiger charge is -2.09. The maximum Gasteiger partial charge on any atom is 0.274 e. The number of carbonyl (C=O) groups excluding carboxylic acids is 1. The first-order valence-corrected chi connectivity index (χ1v) is 7.07. The summed E-state index contributed by atoms with van der Waals surface area (Å²) in [6, 6.07) is 13.3. The molecule has 1 amide bonds. The van der Waals surface area contributed by atoms with E-state index < -0.39 is 4.92 Å². The predicted octanol–water partition coefficient (Wildman–Crippen LogP) is 1.93. The van der Waals surface area contributed by atoms with Crippen molar-refractivity contribution in [3.8, 4) is 0 Å². The highest BCUT2D eigenvalue weighted by atomic mass is 16.6. The van der Waals surface area contributed by atoms with E-state index in [0.717, 1.165) is 0 Å². The van der Waals surface area contributed by atoms with Gasteiger partial charge < -0.3 is 15.7 Å². The van der Waals surface area contributed by atoms with Gasteiger partial charge in [0, 0.05) is 36.0 Å². The van der Waals surface area contributed by atoms with Crippen molar-refractivity contribution in [2.45, 2.75) is 6.54 Å². The Kier molecular flexibility index (Phi) is 5.65. The molecule has 0 atom stereocenters. The molecule has 0 aromatic heterocycles. The van der Waals surface area contributed by atoms with Crippen molar-refractivity contribution < 1.29 is 14.8 Å². The van der Waals surface area contributed by atoms with Gasteiger partial charge in [0.25, 0.3) is 11.6 Å². The molecule has 0 unspecified atom stereocenters. The van der Waals surface area contributed by atoms with Crippen molar-refractivity contribution in [1.29, 1.82) is 0 Å². The van der Waals surface area contributed by atoms with E-state index in [0.29, 0.717) is 16.8 Å². The van der Waals surface area contributed by atoms with Gasteiger partial charge in [-0.15, -0.1) is 0 Å². The molecule has 2 aromatic rings. The summed E-state index contributed by atoms with van der Waals surface area (Å²) in [5.41, 5.74) is 1.75. The van der Waals surface area contributed by atoms with Crippen LogP contribution in [0.4, 0.5) is 11.4 Å². The Morgan fingerprint density at radius 2 is 1.96 bits per heavy atom. The highest BCUT2D eigenvalue weighted by Crippen LogP contribution is 2.19. The molecule has 0 saturated carbocycles. The number of anilines is 1. The molecule has 2 aromatic carbocycles. The second kappa shape index (κ2) is 7.90. The van der Waals surface area contributed by atoms with Crippen LogP contribution in [0, 0.1) is 10.1 Å². The first-order valence-electron chi connectivity index (χ1n) is 7.07. The molecular formula is C16H17N3O4. The molecule has 0 heterocycles. The summed E-state index contributed by atoms with van der Waals surface area (Å²) in [7, 11) is 0. The molecule has 7 heteroatoms. The number of nitro benzene ring substituents is 1. The summed E-state index contributed by atoms with van der Waals surface area (Å²) in [6.45, 7) is 0.340. The van der Waals surface area contributed by atoms with Gasteiger partial charge in [-0.25, -0.2) is 0 Å². The zero-order chi connectivity index (χ0) is 16.7. The highest BCUT2D eigenvalue weighted by Gasteiger charge is 2.12. The summed E-state index contributed by atoms with van der Waals surface area (Å²) in [5.74, 6) is -0.284. The van der Waals surface area contributed by atoms with Crippen LogP contribution in [-0.2, 0) is 6.54 Å². The standard InChI is InChI=1S/C16H17N3O4/c20-9-8-17-16(21)12-5-3-6-14(10-12)18-11-13-4-1-2-7-15(13)19(22)23/h1-7,10,18,20H,8-9,11H2,(H,17,21). The van der Waals surface area contributed by atoms with Crippen molar-refractivity contribution >= 4 is 17.3 Å². The van der Waals surface area contributed by atoms with Crippen LogP contribution >= 0.6 is 0 Å². The smallest absolute Gasteiger partial charge is 0.274 e. The summed E-state index contributed by atoms with van der Waals surface area (Å²) in [4.78, 5) is 22.4. The summed E-state index contributed by atoms with van der Waals surface area (Å²) in [5, 5.41) is 25.3. The lowest BCUT2D eigenvalue weighted by atomic mass is 10.1. The number of aliphatic hydroxyl groups is 1. The molecule has 0 spiro atoms. The molecule has 0 aliphatic rings. The van der Waals surface area contributed by atoms with Gasteiger partial charge in [0.1, 0.15) is 0 Å². The molecule has 7 nitrogen and oxygen atoms in total. The van der Waals surface area contributed by atoms with Crippen LogP contribution < -0.4 is 10.6 Å². The van der Waals surface area contributed by atoms with Crippen molar-refractivity contribution in [1.82, 2.24) is 5.32 Å². The Labute approximate surface area is 133 Å². The molecule has 0 bridgehead atoms. The Morgan fingerprint density at radius 3 is 2.70 bits per heavy atom. The molecule has 2 rings (SSSR count). The molecule has 0 aliphatic carbocycles. The largest absolute Gasteiger partial charge is 0.395 e. The summed E-state index contributed by atoms with van der Waals surface area (Å²) >= 11 is 0. The number of amides is 1. The normalized spacial score (nSPS) is 10.1. The molecule has 0 radical (unpaired) electrons. The number of benzene rings is 2. The van der Waals surface area contributed by atoms with Crippen LogP contribution in [0.3, 0.4) is 0 Å². The van der Waals surface area contributed by atoms with Crippen molar-refractivity contribution in [2.75, 3.05) is 18.5 Å². The van der Waals surface area contributed by atoms with Gasteiger partial charge in [-0.05, 0) is 18.2 Å². The van der Waals surface area contributed by atoms with Gasteiger partial charge in [0.05, 0.1) is 11.5 Å². The molecule has 0 aliphatic heterocycles. The van der Waals surface area contributed by atoms with Crippen molar-refractivity contribution in [3.63, 3.8) is 0 Å². The topological polar surface area (TPSA) is 104 Å². The lowest BCUT2D eigenvalue weighted by Crippen LogP contribution is -2.26. The van der Waals surface area contributed by atoms with Crippen LogP contribution in [0.25, 0.3) is 0 Å². The number of nitrogens with zero attached hydrogens (tertiary/aromatic N) is 1. The molecule has 3 N–H and O–H groups in total. The van der Waals surface area contributed by atoms with Gasteiger partial charge in [-0.1, -0.05) is 24.3 Å². The second-order valence-corrected chi connectivity index (χ2v) is 4.80. The van der Waals surface area contributed by atoms with Crippen molar-refractivity contribution in [2.24, 2.45) is 0 Å². The summed E-state index contributed by atoms with van der Waals surface area (Å²) < 4.78 is 0. The number of rotatable bonds is 7. The Balaban J connectivity index is 2.07. The Hall–Kier alpha value is -2.93. The average Bonchev–Trinajstić information content (AvgIpc) is 2.58.